The summed E-state index contributed by atoms with van der Waals surface area (Å²) in [5, 5.41) is 13.2. The Morgan fingerprint density at radius 1 is 0.929 bits per heavy atom. The van der Waals surface area contributed by atoms with Crippen LogP contribution in [0.25, 0.3) is 22.0 Å². The van der Waals surface area contributed by atoms with Crippen molar-refractivity contribution < 1.29 is 4.79 Å². The van der Waals surface area contributed by atoms with Crippen molar-refractivity contribution in [2.24, 2.45) is 0 Å². The summed E-state index contributed by atoms with van der Waals surface area (Å²) >= 11 is 5.94. The summed E-state index contributed by atoms with van der Waals surface area (Å²) in [6, 6.07) is 25.9. The fraction of sp³-hybridized carbons (Fsp3) is 0. The van der Waals surface area contributed by atoms with Crippen LogP contribution in [0.3, 0.4) is 0 Å². The summed E-state index contributed by atoms with van der Waals surface area (Å²) in [5.74, 6) is 0.215. The zero-order chi connectivity index (χ0) is 19.5. The molecule has 28 heavy (non-hydrogen) atoms. The highest BCUT2D eigenvalue weighted by Gasteiger charge is 2.08. The van der Waals surface area contributed by atoms with Crippen molar-refractivity contribution in [2.45, 2.75) is 0 Å². The van der Waals surface area contributed by atoms with Gasteiger partial charge in [0.2, 0.25) is 0 Å². The lowest BCUT2D eigenvalue weighted by Crippen LogP contribution is -2.12. The van der Waals surface area contributed by atoms with Crippen LogP contribution >= 0.6 is 11.6 Å². The molecule has 134 valence electrons. The van der Waals surface area contributed by atoms with Crippen LogP contribution < -0.4 is 5.32 Å². The van der Waals surface area contributed by atoms with E-state index >= 15 is 0 Å². The molecule has 1 aromatic heterocycles. The van der Waals surface area contributed by atoms with Crippen LogP contribution in [0.1, 0.15) is 15.9 Å². The number of benzene rings is 3. The lowest BCUT2D eigenvalue weighted by Gasteiger charge is -2.08. The van der Waals surface area contributed by atoms with Gasteiger partial charge in [0.1, 0.15) is 5.82 Å². The van der Waals surface area contributed by atoms with Gasteiger partial charge in [-0.05, 0) is 65.7 Å². The van der Waals surface area contributed by atoms with Gasteiger partial charge in [-0.1, -0.05) is 35.9 Å². The predicted molar refractivity (Wildman–Crippen MR) is 111 cm³/mol. The maximum atomic E-state index is 12.4. The summed E-state index contributed by atoms with van der Waals surface area (Å²) < 4.78 is 0. The number of amides is 1. The second kappa shape index (κ2) is 7.51. The van der Waals surface area contributed by atoms with E-state index in [9.17, 15) is 4.79 Å². The van der Waals surface area contributed by atoms with Crippen LogP contribution in [-0.4, -0.2) is 10.9 Å². The van der Waals surface area contributed by atoms with E-state index in [1.807, 2.05) is 36.4 Å². The largest absolute Gasteiger partial charge is 0.307 e. The van der Waals surface area contributed by atoms with Crippen molar-refractivity contribution in [3.05, 3.63) is 95.0 Å². The molecular weight excluding hydrogens is 370 g/mol. The topological polar surface area (TPSA) is 65.8 Å². The Bertz CT molecular complexity index is 1230. The first kappa shape index (κ1) is 17.7. The SMILES string of the molecule is N#Cc1ccc(-c2ccc3nc(NC(=O)c4cccc(Cl)c4)ccc3c2)cc1. The number of aromatic nitrogens is 1. The molecule has 0 bridgehead atoms. The molecule has 0 atom stereocenters. The van der Waals surface area contributed by atoms with Crippen LogP contribution in [0.5, 0.6) is 0 Å². The Morgan fingerprint density at radius 3 is 2.46 bits per heavy atom. The monoisotopic (exact) mass is 383 g/mol. The van der Waals surface area contributed by atoms with E-state index in [0.717, 1.165) is 22.0 Å². The van der Waals surface area contributed by atoms with Gasteiger partial charge in [0, 0.05) is 16.0 Å². The minimum atomic E-state index is -0.261. The summed E-state index contributed by atoms with van der Waals surface area (Å²) in [6.07, 6.45) is 0. The van der Waals surface area contributed by atoms with E-state index in [1.54, 1.807) is 42.5 Å². The van der Waals surface area contributed by atoms with Crippen LogP contribution in [0.15, 0.2) is 78.9 Å². The molecule has 3 aromatic carbocycles. The van der Waals surface area contributed by atoms with Gasteiger partial charge in [-0.3, -0.25) is 4.79 Å². The molecule has 0 spiro atoms. The molecule has 4 rings (SSSR count). The summed E-state index contributed by atoms with van der Waals surface area (Å²) in [7, 11) is 0. The van der Waals surface area contributed by atoms with Gasteiger partial charge in [-0.2, -0.15) is 5.26 Å². The van der Waals surface area contributed by atoms with E-state index in [2.05, 4.69) is 16.4 Å². The quantitative estimate of drug-likeness (QED) is 0.495. The first-order chi connectivity index (χ1) is 13.6. The molecule has 0 aliphatic carbocycles. The average molecular weight is 384 g/mol. The molecule has 4 nitrogen and oxygen atoms in total. The number of halogens is 1. The van der Waals surface area contributed by atoms with E-state index in [-0.39, 0.29) is 5.91 Å². The van der Waals surface area contributed by atoms with Gasteiger partial charge in [0.15, 0.2) is 0 Å². The number of rotatable bonds is 3. The number of nitrogens with zero attached hydrogens (tertiary/aromatic N) is 2. The molecule has 0 saturated carbocycles. The molecule has 4 aromatic rings. The number of anilines is 1. The molecule has 0 saturated heterocycles. The van der Waals surface area contributed by atoms with Crippen LogP contribution in [0, 0.1) is 11.3 Å². The van der Waals surface area contributed by atoms with Crippen LogP contribution in [0.2, 0.25) is 5.02 Å². The number of fused-ring (bicyclic) bond motifs is 1. The third-order valence-corrected chi connectivity index (χ3v) is 4.60. The fourth-order valence-electron chi connectivity index (χ4n) is 2.93. The highest BCUT2D eigenvalue weighted by Crippen LogP contribution is 2.25. The van der Waals surface area contributed by atoms with Gasteiger partial charge < -0.3 is 5.32 Å². The lowest BCUT2D eigenvalue weighted by molar-refractivity contribution is 0.102. The van der Waals surface area contributed by atoms with Gasteiger partial charge in [-0.25, -0.2) is 4.98 Å². The van der Waals surface area contributed by atoms with Gasteiger partial charge in [-0.15, -0.1) is 0 Å². The van der Waals surface area contributed by atoms with Crippen molar-refractivity contribution in [3.63, 3.8) is 0 Å². The third kappa shape index (κ3) is 3.71. The molecule has 0 radical (unpaired) electrons. The number of pyridine rings is 1. The number of hydrogen-bond donors (Lipinski definition) is 1. The Hall–Kier alpha value is -3.68. The number of hydrogen-bond acceptors (Lipinski definition) is 3. The smallest absolute Gasteiger partial charge is 0.256 e. The number of nitriles is 1. The van der Waals surface area contributed by atoms with Gasteiger partial charge in [0.05, 0.1) is 17.1 Å². The third-order valence-electron chi connectivity index (χ3n) is 4.36. The molecule has 5 heteroatoms. The van der Waals surface area contributed by atoms with E-state index in [4.69, 9.17) is 16.9 Å². The lowest BCUT2D eigenvalue weighted by atomic mass is 10.0. The second-order valence-electron chi connectivity index (χ2n) is 6.26. The van der Waals surface area contributed by atoms with E-state index < -0.39 is 0 Å². The standard InChI is InChI=1S/C23H14ClN3O/c24-20-3-1-2-19(13-20)23(28)27-22-11-9-18-12-17(8-10-21(18)26-22)16-6-4-15(14-25)5-7-16/h1-13H,(H,26,27,28). The van der Waals surface area contributed by atoms with Crippen LogP contribution in [0.4, 0.5) is 5.82 Å². The van der Waals surface area contributed by atoms with Crippen molar-refractivity contribution in [1.29, 1.82) is 5.26 Å². The average Bonchev–Trinajstić information content (AvgIpc) is 2.73. The molecule has 1 heterocycles. The Kier molecular flexibility index (Phi) is 4.76. The second-order valence-corrected chi connectivity index (χ2v) is 6.69. The van der Waals surface area contributed by atoms with Gasteiger partial charge >= 0.3 is 0 Å². The molecule has 0 unspecified atom stereocenters. The normalized spacial score (nSPS) is 10.4. The number of carbonyl (C=O) groups is 1. The minimum Gasteiger partial charge on any atom is -0.307 e. The van der Waals surface area contributed by atoms with Crippen molar-refractivity contribution in [2.75, 3.05) is 5.32 Å². The zero-order valence-corrected chi connectivity index (χ0v) is 15.4. The molecule has 0 fully saturated rings. The van der Waals surface area contributed by atoms with Crippen molar-refractivity contribution in [3.8, 4) is 17.2 Å². The molecule has 0 aliphatic rings. The van der Waals surface area contributed by atoms with E-state index in [0.29, 0.717) is 22.0 Å². The predicted octanol–water partition coefficient (Wildman–Crippen LogP) is 5.68. The summed E-state index contributed by atoms with van der Waals surface area (Å²) in [4.78, 5) is 16.9. The van der Waals surface area contributed by atoms with E-state index in [1.165, 1.54) is 0 Å². The fourth-order valence-corrected chi connectivity index (χ4v) is 3.12. The number of nitrogens with one attached hydrogen (secondary N) is 1. The highest BCUT2D eigenvalue weighted by atomic mass is 35.5. The highest BCUT2D eigenvalue weighted by molar-refractivity contribution is 6.31. The maximum Gasteiger partial charge on any atom is 0.256 e. The maximum absolute atomic E-state index is 12.4. The van der Waals surface area contributed by atoms with Crippen LogP contribution in [-0.2, 0) is 0 Å². The molecule has 0 aliphatic heterocycles. The van der Waals surface area contributed by atoms with Crippen molar-refractivity contribution in [1.82, 2.24) is 4.98 Å². The Labute approximate surface area is 167 Å². The first-order valence-electron chi connectivity index (χ1n) is 8.61. The molecule has 1 amide bonds. The summed E-state index contributed by atoms with van der Waals surface area (Å²) in [5.41, 5.74) is 3.95. The molecule has 1 N–H and O–H groups in total. The van der Waals surface area contributed by atoms with Gasteiger partial charge in [0.25, 0.3) is 5.91 Å². The zero-order valence-electron chi connectivity index (χ0n) is 14.7. The molecular formula is C23H14ClN3O. The summed E-state index contributed by atoms with van der Waals surface area (Å²) in [6.45, 7) is 0. The Balaban J connectivity index is 1.59. The first-order valence-corrected chi connectivity index (χ1v) is 8.98. The minimum absolute atomic E-state index is 0.261. The number of carbonyl (C=O) groups excluding carboxylic acids is 1. The van der Waals surface area contributed by atoms with Crippen molar-refractivity contribution >= 4 is 34.2 Å². The Morgan fingerprint density at radius 2 is 1.71 bits per heavy atom.